The molecule has 0 spiro atoms. The van der Waals surface area contributed by atoms with E-state index in [9.17, 15) is 14.0 Å². The Balaban J connectivity index is 0.00000242. The van der Waals surface area contributed by atoms with Gasteiger partial charge in [-0.1, -0.05) is 6.92 Å². The first-order valence-corrected chi connectivity index (χ1v) is 6.93. The summed E-state index contributed by atoms with van der Waals surface area (Å²) in [6.07, 6.45) is 0. The van der Waals surface area contributed by atoms with E-state index in [4.69, 9.17) is 0 Å². The first kappa shape index (κ1) is 18.4. The second-order valence-corrected chi connectivity index (χ2v) is 5.59. The van der Waals surface area contributed by atoms with Gasteiger partial charge in [-0.2, -0.15) is 0 Å². The van der Waals surface area contributed by atoms with Crippen LogP contribution >= 0.6 is 12.4 Å². The highest BCUT2D eigenvalue weighted by Gasteiger charge is 2.28. The fourth-order valence-electron chi connectivity index (χ4n) is 2.14. The maximum Gasteiger partial charge on any atom is 0.256 e. The minimum absolute atomic E-state index is 0. The molecule has 2 N–H and O–H groups in total. The molecule has 1 fully saturated rings. The number of nitrogens with zero attached hydrogens (tertiary/aromatic N) is 1. The van der Waals surface area contributed by atoms with Crippen LogP contribution in [0, 0.1) is 17.7 Å². The summed E-state index contributed by atoms with van der Waals surface area (Å²) >= 11 is 0. The highest BCUT2D eigenvalue weighted by Crippen LogP contribution is 2.20. The third-order valence-electron chi connectivity index (χ3n) is 3.80. The molecule has 0 bridgehead atoms. The van der Waals surface area contributed by atoms with E-state index in [0.29, 0.717) is 11.6 Å². The Morgan fingerprint density at radius 2 is 2.00 bits per heavy atom. The summed E-state index contributed by atoms with van der Waals surface area (Å²) in [6.45, 7) is 3.54. The van der Waals surface area contributed by atoms with E-state index in [1.54, 1.807) is 14.1 Å². The van der Waals surface area contributed by atoms with Gasteiger partial charge in [0.25, 0.3) is 5.91 Å². The Labute approximate surface area is 135 Å². The van der Waals surface area contributed by atoms with Crippen molar-refractivity contribution in [2.24, 2.45) is 11.8 Å². The SMILES string of the molecule is CC(C(=O)Nc1ccc(F)c(C(=O)N(C)C)c1)C1CNC1.Cl. The lowest BCUT2D eigenvalue weighted by Gasteiger charge is -2.31. The second kappa shape index (κ2) is 7.56. The number of rotatable bonds is 4. The van der Waals surface area contributed by atoms with Crippen molar-refractivity contribution >= 4 is 29.9 Å². The average Bonchev–Trinajstić information content (AvgIpc) is 2.37. The number of carbonyl (C=O) groups excluding carboxylic acids is 2. The predicted molar refractivity (Wildman–Crippen MR) is 85.8 cm³/mol. The van der Waals surface area contributed by atoms with Crippen molar-refractivity contribution in [2.45, 2.75) is 6.92 Å². The van der Waals surface area contributed by atoms with Crippen molar-refractivity contribution in [1.29, 1.82) is 0 Å². The molecule has 1 heterocycles. The fraction of sp³-hybridized carbons (Fsp3) is 0.467. The largest absolute Gasteiger partial charge is 0.345 e. The van der Waals surface area contributed by atoms with Crippen LogP contribution in [0.1, 0.15) is 17.3 Å². The van der Waals surface area contributed by atoms with Crippen LogP contribution < -0.4 is 10.6 Å². The van der Waals surface area contributed by atoms with E-state index < -0.39 is 11.7 Å². The number of amides is 2. The Morgan fingerprint density at radius 3 is 2.50 bits per heavy atom. The molecule has 0 aliphatic carbocycles. The molecule has 1 aliphatic rings. The maximum atomic E-state index is 13.7. The maximum absolute atomic E-state index is 13.7. The van der Waals surface area contributed by atoms with E-state index in [2.05, 4.69) is 10.6 Å². The zero-order valence-electron chi connectivity index (χ0n) is 12.9. The third-order valence-corrected chi connectivity index (χ3v) is 3.80. The molecule has 122 valence electrons. The monoisotopic (exact) mass is 329 g/mol. The zero-order chi connectivity index (χ0) is 15.6. The smallest absolute Gasteiger partial charge is 0.256 e. The second-order valence-electron chi connectivity index (χ2n) is 5.59. The molecule has 1 aromatic rings. The number of hydrogen-bond acceptors (Lipinski definition) is 3. The fourth-order valence-corrected chi connectivity index (χ4v) is 2.14. The predicted octanol–water partition coefficient (Wildman–Crippen LogP) is 1.74. The lowest BCUT2D eigenvalue weighted by Crippen LogP contribution is -2.48. The highest BCUT2D eigenvalue weighted by molar-refractivity contribution is 5.97. The van der Waals surface area contributed by atoms with Gasteiger partial charge in [0.05, 0.1) is 5.56 Å². The molecule has 5 nitrogen and oxygen atoms in total. The molecule has 1 atom stereocenters. The van der Waals surface area contributed by atoms with Crippen LogP contribution in [0.25, 0.3) is 0 Å². The normalized spacial score (nSPS) is 15.3. The number of carbonyl (C=O) groups is 2. The molecular formula is C15H21ClFN3O2. The van der Waals surface area contributed by atoms with Gasteiger partial charge in [-0.3, -0.25) is 9.59 Å². The summed E-state index contributed by atoms with van der Waals surface area (Å²) < 4.78 is 13.7. The molecule has 2 amide bonds. The minimum Gasteiger partial charge on any atom is -0.345 e. The number of hydrogen-bond donors (Lipinski definition) is 2. The molecule has 1 aromatic carbocycles. The summed E-state index contributed by atoms with van der Waals surface area (Å²) in [5, 5.41) is 5.87. The molecule has 1 aliphatic heterocycles. The van der Waals surface area contributed by atoms with Crippen LogP contribution in [-0.4, -0.2) is 43.9 Å². The minimum atomic E-state index is -0.594. The van der Waals surface area contributed by atoms with Crippen molar-refractivity contribution in [2.75, 3.05) is 32.5 Å². The van der Waals surface area contributed by atoms with Gasteiger partial charge < -0.3 is 15.5 Å². The summed E-state index contributed by atoms with van der Waals surface area (Å²) in [6, 6.07) is 4.04. The number of anilines is 1. The van der Waals surface area contributed by atoms with Crippen molar-refractivity contribution < 1.29 is 14.0 Å². The Kier molecular flexibility index (Phi) is 6.32. The van der Waals surface area contributed by atoms with Gasteiger partial charge in [0.1, 0.15) is 5.82 Å². The van der Waals surface area contributed by atoms with Gasteiger partial charge in [-0.25, -0.2) is 4.39 Å². The average molecular weight is 330 g/mol. The van der Waals surface area contributed by atoms with Gasteiger partial charge in [-0.15, -0.1) is 12.4 Å². The molecule has 1 saturated heterocycles. The van der Waals surface area contributed by atoms with Crippen molar-refractivity contribution in [3.63, 3.8) is 0 Å². The number of nitrogens with one attached hydrogen (secondary N) is 2. The Hall–Kier alpha value is -1.66. The molecule has 1 unspecified atom stereocenters. The molecule has 0 aromatic heterocycles. The van der Waals surface area contributed by atoms with Gasteiger partial charge in [-0.05, 0) is 37.2 Å². The summed E-state index contributed by atoms with van der Waals surface area (Å²) in [5.74, 6) is -0.934. The van der Waals surface area contributed by atoms with Gasteiger partial charge >= 0.3 is 0 Å². The van der Waals surface area contributed by atoms with Crippen molar-refractivity contribution in [3.8, 4) is 0 Å². The zero-order valence-corrected chi connectivity index (χ0v) is 13.7. The lowest BCUT2D eigenvalue weighted by molar-refractivity contribution is -0.121. The van der Waals surface area contributed by atoms with Crippen molar-refractivity contribution in [1.82, 2.24) is 10.2 Å². The van der Waals surface area contributed by atoms with Gasteiger partial charge in [0, 0.05) is 25.7 Å². The Bertz CT molecular complexity index is 562. The van der Waals surface area contributed by atoms with Crippen molar-refractivity contribution in [3.05, 3.63) is 29.6 Å². The topological polar surface area (TPSA) is 61.4 Å². The summed E-state index contributed by atoms with van der Waals surface area (Å²) in [7, 11) is 3.11. The number of halogens is 2. The molecule has 22 heavy (non-hydrogen) atoms. The van der Waals surface area contributed by atoms with Gasteiger partial charge in [0.15, 0.2) is 0 Å². The van der Waals surface area contributed by atoms with Crippen LogP contribution in [0.15, 0.2) is 18.2 Å². The lowest BCUT2D eigenvalue weighted by atomic mass is 9.88. The van der Waals surface area contributed by atoms with Gasteiger partial charge in [0.2, 0.25) is 5.91 Å². The summed E-state index contributed by atoms with van der Waals surface area (Å²) in [5.41, 5.74) is 0.390. The van der Waals surface area contributed by atoms with E-state index in [1.165, 1.54) is 23.1 Å². The van der Waals surface area contributed by atoms with Crippen LogP contribution in [0.3, 0.4) is 0 Å². The standard InChI is InChI=1S/C15H20FN3O2.ClH/c1-9(10-7-17-8-10)14(20)18-11-4-5-13(16)12(6-11)15(21)19(2)3;/h4-6,9-10,17H,7-8H2,1-3H3,(H,18,20);1H. The van der Waals surface area contributed by atoms with Crippen LogP contribution in [-0.2, 0) is 4.79 Å². The molecule has 0 radical (unpaired) electrons. The Morgan fingerprint density at radius 1 is 1.36 bits per heavy atom. The van der Waals surface area contributed by atoms with Crippen LogP contribution in [0.4, 0.5) is 10.1 Å². The molecule has 0 saturated carbocycles. The van der Waals surface area contributed by atoms with E-state index in [-0.39, 0.29) is 29.8 Å². The van der Waals surface area contributed by atoms with Crippen LogP contribution in [0.2, 0.25) is 0 Å². The molecule has 7 heteroatoms. The molecule has 2 rings (SSSR count). The molecular weight excluding hydrogens is 309 g/mol. The van der Waals surface area contributed by atoms with Crippen LogP contribution in [0.5, 0.6) is 0 Å². The first-order valence-electron chi connectivity index (χ1n) is 6.93. The quantitative estimate of drug-likeness (QED) is 0.884. The number of benzene rings is 1. The third kappa shape index (κ3) is 3.96. The first-order chi connectivity index (χ1) is 9.90. The highest BCUT2D eigenvalue weighted by atomic mass is 35.5. The van der Waals surface area contributed by atoms with E-state index >= 15 is 0 Å². The van der Waals surface area contributed by atoms with E-state index in [0.717, 1.165) is 13.1 Å². The summed E-state index contributed by atoms with van der Waals surface area (Å²) in [4.78, 5) is 25.3. The van der Waals surface area contributed by atoms with E-state index in [1.807, 2.05) is 6.92 Å².